The van der Waals surface area contributed by atoms with E-state index in [2.05, 4.69) is 31.3 Å². The predicted molar refractivity (Wildman–Crippen MR) is 46.6 cm³/mol. The molecule has 0 atom stereocenters. The number of alkyl halides is 1. The summed E-state index contributed by atoms with van der Waals surface area (Å²) in [6, 6.07) is 0. The van der Waals surface area contributed by atoms with Crippen molar-refractivity contribution in [3.05, 3.63) is 12.2 Å². The molecule has 1 heterocycles. The van der Waals surface area contributed by atoms with Gasteiger partial charge in [-0.25, -0.2) is 4.98 Å². The zero-order valence-corrected chi connectivity index (χ0v) is 8.21. The van der Waals surface area contributed by atoms with Crippen LogP contribution in [0, 0.1) is 0 Å². The van der Waals surface area contributed by atoms with Crippen molar-refractivity contribution in [2.75, 3.05) is 5.33 Å². The van der Waals surface area contributed by atoms with E-state index in [1.165, 1.54) is 6.33 Å². The Labute approximate surface area is 78.3 Å². The molecule has 1 amide bonds. The normalized spacial score (nSPS) is 9.83. The molecule has 1 aromatic rings. The summed E-state index contributed by atoms with van der Waals surface area (Å²) in [5, 5.41) is 6.84. The molecule has 0 saturated heterocycles. The van der Waals surface area contributed by atoms with Gasteiger partial charge >= 0.3 is 0 Å². The molecule has 1 aromatic heterocycles. The van der Waals surface area contributed by atoms with Crippen LogP contribution in [-0.4, -0.2) is 26.0 Å². The minimum absolute atomic E-state index is 0.0574. The second-order valence-corrected chi connectivity index (χ2v) is 2.77. The maximum atomic E-state index is 10.8. The van der Waals surface area contributed by atoms with Crippen LogP contribution in [0.25, 0.3) is 0 Å². The van der Waals surface area contributed by atoms with Gasteiger partial charge < -0.3 is 5.32 Å². The van der Waals surface area contributed by atoms with Crippen molar-refractivity contribution in [2.45, 2.75) is 6.54 Å². The number of halogens is 1. The van der Waals surface area contributed by atoms with Crippen LogP contribution in [-0.2, 0) is 18.4 Å². The summed E-state index contributed by atoms with van der Waals surface area (Å²) >= 11 is 3.04. The third kappa shape index (κ3) is 2.30. The summed E-state index contributed by atoms with van der Waals surface area (Å²) in [7, 11) is 1.78. The smallest absolute Gasteiger partial charge is 0.231 e. The van der Waals surface area contributed by atoms with Crippen molar-refractivity contribution in [1.82, 2.24) is 20.1 Å². The number of aryl methyl sites for hydroxylation is 1. The molecule has 0 aliphatic heterocycles. The number of nitrogens with one attached hydrogen (secondary N) is 1. The summed E-state index contributed by atoms with van der Waals surface area (Å²) in [5.41, 5.74) is 0. The lowest BCUT2D eigenvalue weighted by atomic mass is 10.5. The minimum Gasteiger partial charge on any atom is -0.348 e. The maximum Gasteiger partial charge on any atom is 0.231 e. The molecule has 0 radical (unpaired) electrons. The SMILES string of the molecule is Cn1ncnc1CNC(=O)CBr. The Hall–Kier alpha value is -0.910. The molecule has 0 unspecified atom stereocenters. The predicted octanol–water partition coefficient (Wildman–Crippen LogP) is -0.174. The molecule has 6 heteroatoms. The van der Waals surface area contributed by atoms with Crippen LogP contribution >= 0.6 is 15.9 Å². The number of carbonyl (C=O) groups excluding carboxylic acids is 1. The van der Waals surface area contributed by atoms with E-state index in [0.29, 0.717) is 11.9 Å². The number of hydrogen-bond acceptors (Lipinski definition) is 3. The van der Waals surface area contributed by atoms with Gasteiger partial charge in [-0.1, -0.05) is 15.9 Å². The maximum absolute atomic E-state index is 10.8. The van der Waals surface area contributed by atoms with Crippen molar-refractivity contribution >= 4 is 21.8 Å². The third-order valence-corrected chi connectivity index (χ3v) is 1.88. The zero-order chi connectivity index (χ0) is 8.97. The molecule has 1 N–H and O–H groups in total. The fraction of sp³-hybridized carbons (Fsp3) is 0.500. The molecule has 0 aliphatic rings. The van der Waals surface area contributed by atoms with Gasteiger partial charge in [0.15, 0.2) is 0 Å². The Bertz CT molecular complexity index is 272. The van der Waals surface area contributed by atoms with Crippen LogP contribution in [0.1, 0.15) is 5.82 Å². The first kappa shape index (κ1) is 9.18. The Morgan fingerprint density at radius 2 is 2.58 bits per heavy atom. The van der Waals surface area contributed by atoms with Gasteiger partial charge in [-0.15, -0.1) is 0 Å². The first-order valence-electron chi connectivity index (χ1n) is 3.39. The Kier molecular flexibility index (Phi) is 3.21. The van der Waals surface area contributed by atoms with E-state index in [1.807, 2.05) is 0 Å². The molecule has 0 fully saturated rings. The largest absolute Gasteiger partial charge is 0.348 e. The highest BCUT2D eigenvalue weighted by Gasteiger charge is 2.01. The van der Waals surface area contributed by atoms with Crippen molar-refractivity contribution in [3.8, 4) is 0 Å². The summed E-state index contributed by atoms with van der Waals surface area (Å²) in [6.07, 6.45) is 1.45. The molecule has 5 nitrogen and oxygen atoms in total. The van der Waals surface area contributed by atoms with E-state index >= 15 is 0 Å². The van der Waals surface area contributed by atoms with Crippen molar-refractivity contribution in [1.29, 1.82) is 0 Å². The zero-order valence-electron chi connectivity index (χ0n) is 6.62. The average molecular weight is 233 g/mol. The lowest BCUT2D eigenvalue weighted by Gasteiger charge is -2.00. The molecule has 0 aromatic carbocycles. The Morgan fingerprint density at radius 1 is 1.83 bits per heavy atom. The minimum atomic E-state index is -0.0574. The monoisotopic (exact) mass is 232 g/mol. The number of rotatable bonds is 3. The summed E-state index contributed by atoms with van der Waals surface area (Å²) in [5.74, 6) is 0.683. The van der Waals surface area contributed by atoms with E-state index in [-0.39, 0.29) is 5.91 Å². The van der Waals surface area contributed by atoms with Gasteiger partial charge in [0.1, 0.15) is 12.2 Å². The Morgan fingerprint density at radius 3 is 3.08 bits per heavy atom. The standard InChI is InChI=1S/C6H9BrN4O/c1-11-5(9-4-10-11)3-8-6(12)2-7/h4H,2-3H2,1H3,(H,8,12). The summed E-state index contributed by atoms with van der Waals surface area (Å²) in [4.78, 5) is 14.7. The van der Waals surface area contributed by atoms with Gasteiger partial charge in [-0.3, -0.25) is 9.48 Å². The Balaban J connectivity index is 2.43. The van der Waals surface area contributed by atoms with E-state index in [9.17, 15) is 4.79 Å². The highest BCUT2D eigenvalue weighted by atomic mass is 79.9. The van der Waals surface area contributed by atoms with Crippen molar-refractivity contribution in [2.24, 2.45) is 7.05 Å². The lowest BCUT2D eigenvalue weighted by Crippen LogP contribution is -2.25. The van der Waals surface area contributed by atoms with E-state index in [1.54, 1.807) is 11.7 Å². The molecule has 0 saturated carbocycles. The van der Waals surface area contributed by atoms with Crippen LogP contribution in [0.3, 0.4) is 0 Å². The lowest BCUT2D eigenvalue weighted by molar-refractivity contribution is -0.118. The van der Waals surface area contributed by atoms with Crippen LogP contribution < -0.4 is 5.32 Å². The third-order valence-electron chi connectivity index (χ3n) is 1.37. The second kappa shape index (κ2) is 4.20. The molecular formula is C6H9BrN4O. The number of carbonyl (C=O) groups is 1. The van der Waals surface area contributed by atoms with E-state index in [4.69, 9.17) is 0 Å². The van der Waals surface area contributed by atoms with Crippen LogP contribution in [0.4, 0.5) is 0 Å². The average Bonchev–Trinajstić information content (AvgIpc) is 2.47. The molecule has 0 bridgehead atoms. The second-order valence-electron chi connectivity index (χ2n) is 2.21. The van der Waals surface area contributed by atoms with Gasteiger partial charge in [-0.05, 0) is 0 Å². The highest BCUT2D eigenvalue weighted by molar-refractivity contribution is 9.09. The van der Waals surface area contributed by atoms with Gasteiger partial charge in [-0.2, -0.15) is 5.10 Å². The van der Waals surface area contributed by atoms with Gasteiger partial charge in [0.2, 0.25) is 5.91 Å². The van der Waals surface area contributed by atoms with E-state index in [0.717, 1.165) is 5.82 Å². The number of aromatic nitrogens is 3. The topological polar surface area (TPSA) is 59.8 Å². The summed E-state index contributed by atoms with van der Waals surface area (Å²) in [6.45, 7) is 0.418. The first-order valence-corrected chi connectivity index (χ1v) is 4.51. The van der Waals surface area contributed by atoms with E-state index < -0.39 is 0 Å². The van der Waals surface area contributed by atoms with Crippen molar-refractivity contribution < 1.29 is 4.79 Å². The fourth-order valence-electron chi connectivity index (χ4n) is 0.705. The first-order chi connectivity index (χ1) is 5.74. The number of amides is 1. The van der Waals surface area contributed by atoms with Crippen LogP contribution in [0.15, 0.2) is 6.33 Å². The highest BCUT2D eigenvalue weighted by Crippen LogP contribution is 1.89. The van der Waals surface area contributed by atoms with Crippen molar-refractivity contribution in [3.63, 3.8) is 0 Å². The summed E-state index contributed by atoms with van der Waals surface area (Å²) < 4.78 is 1.62. The fourth-order valence-corrected chi connectivity index (χ4v) is 0.903. The van der Waals surface area contributed by atoms with Gasteiger partial charge in [0.25, 0.3) is 0 Å². The quantitative estimate of drug-likeness (QED) is 0.737. The van der Waals surface area contributed by atoms with Crippen LogP contribution in [0.5, 0.6) is 0 Å². The molecule has 0 spiro atoms. The number of nitrogens with zero attached hydrogens (tertiary/aromatic N) is 3. The van der Waals surface area contributed by atoms with Crippen LogP contribution in [0.2, 0.25) is 0 Å². The molecule has 1 rings (SSSR count). The molecule has 0 aliphatic carbocycles. The molecule has 12 heavy (non-hydrogen) atoms. The molecule has 66 valence electrons. The van der Waals surface area contributed by atoms with Gasteiger partial charge in [0.05, 0.1) is 11.9 Å². The molecular weight excluding hydrogens is 224 g/mol. The number of hydrogen-bond donors (Lipinski definition) is 1. The van der Waals surface area contributed by atoms with Gasteiger partial charge in [0, 0.05) is 7.05 Å².